The Hall–Kier alpha value is -2.67. The summed E-state index contributed by atoms with van der Waals surface area (Å²) in [5.74, 6) is -5.28. The second kappa shape index (κ2) is 7.30. The molecule has 2 fully saturated rings. The van der Waals surface area contributed by atoms with E-state index in [0.717, 1.165) is 0 Å². The minimum absolute atomic E-state index is 0.0229. The fourth-order valence-corrected chi connectivity index (χ4v) is 3.80. The molecule has 29 heavy (non-hydrogen) atoms. The fraction of sp³-hybridized carbons (Fsp3) is 0.588. The lowest BCUT2D eigenvalue weighted by atomic mass is 9.75. The molecule has 3 rings (SSSR count). The molecular weight excluding hydrogens is 394 g/mol. The molecule has 0 saturated carbocycles. The number of hydrogen-bond donors (Lipinski definition) is 3. The normalized spacial score (nSPS) is 31.7. The van der Waals surface area contributed by atoms with Gasteiger partial charge in [-0.2, -0.15) is 0 Å². The highest BCUT2D eigenvalue weighted by Gasteiger charge is 2.76. The van der Waals surface area contributed by atoms with Crippen LogP contribution in [0.1, 0.15) is 11.5 Å². The summed E-state index contributed by atoms with van der Waals surface area (Å²) in [6.07, 6.45) is -3.01. The van der Waals surface area contributed by atoms with Gasteiger partial charge < -0.3 is 39.0 Å². The van der Waals surface area contributed by atoms with Crippen molar-refractivity contribution in [3.63, 3.8) is 0 Å². The highest BCUT2D eigenvalue weighted by molar-refractivity contribution is 5.85. The molecule has 3 N–H and O–H groups in total. The van der Waals surface area contributed by atoms with Gasteiger partial charge in [0.25, 0.3) is 0 Å². The Morgan fingerprint density at radius 2 is 1.83 bits per heavy atom. The van der Waals surface area contributed by atoms with Crippen molar-refractivity contribution in [2.45, 2.75) is 29.5 Å². The number of esters is 1. The molecule has 12 nitrogen and oxygen atoms in total. The van der Waals surface area contributed by atoms with Crippen LogP contribution in [0.2, 0.25) is 0 Å². The maximum absolute atomic E-state index is 12.6. The number of aliphatic hydroxyl groups excluding tert-OH is 1. The van der Waals surface area contributed by atoms with Crippen molar-refractivity contribution in [2.75, 3.05) is 34.5 Å². The number of rotatable bonds is 7. The standard InChI is InChI=1S/C17H21NO11/c1-25-11-4-8(5-12(26-2)13(11)27-3)9(6-18(23)24)16(21)15(20)29-14-10(19)7-28-17(14,16)22/h4-5,9-10,14,19,21-22H,6-7H2,1-3H3/t9?,10-,14-,16-,17+/m1/s1. The molecule has 1 aromatic carbocycles. The predicted octanol–water partition coefficient (Wildman–Crippen LogP) is -1.19. The van der Waals surface area contributed by atoms with Crippen LogP contribution in [0.5, 0.6) is 17.2 Å². The van der Waals surface area contributed by atoms with Gasteiger partial charge in [0.05, 0.1) is 33.9 Å². The number of carbonyl (C=O) groups excluding carboxylic acids is 1. The summed E-state index contributed by atoms with van der Waals surface area (Å²) in [6.45, 7) is -1.41. The first-order valence-electron chi connectivity index (χ1n) is 8.53. The van der Waals surface area contributed by atoms with E-state index in [1.54, 1.807) is 0 Å². The van der Waals surface area contributed by atoms with E-state index in [1.807, 2.05) is 0 Å². The van der Waals surface area contributed by atoms with Gasteiger partial charge in [0.2, 0.25) is 23.7 Å². The van der Waals surface area contributed by atoms with E-state index in [4.69, 9.17) is 23.7 Å². The second-order valence-corrected chi connectivity index (χ2v) is 6.69. The van der Waals surface area contributed by atoms with Crippen molar-refractivity contribution < 1.29 is 48.7 Å². The first kappa shape index (κ1) is 21.0. The van der Waals surface area contributed by atoms with Gasteiger partial charge in [0, 0.05) is 4.92 Å². The van der Waals surface area contributed by atoms with E-state index in [1.165, 1.54) is 33.5 Å². The van der Waals surface area contributed by atoms with Gasteiger partial charge in [-0.25, -0.2) is 4.79 Å². The monoisotopic (exact) mass is 415 g/mol. The molecule has 2 heterocycles. The third-order valence-corrected chi connectivity index (χ3v) is 5.23. The number of hydrogen-bond acceptors (Lipinski definition) is 11. The lowest BCUT2D eigenvalue weighted by Gasteiger charge is -2.36. The van der Waals surface area contributed by atoms with Crippen molar-refractivity contribution in [1.29, 1.82) is 0 Å². The van der Waals surface area contributed by atoms with E-state index in [-0.39, 0.29) is 22.8 Å². The molecule has 5 atom stereocenters. The van der Waals surface area contributed by atoms with Gasteiger partial charge in [0.15, 0.2) is 17.6 Å². The van der Waals surface area contributed by atoms with E-state index in [2.05, 4.69) is 0 Å². The van der Waals surface area contributed by atoms with Gasteiger partial charge in [-0.05, 0) is 17.7 Å². The SMILES string of the molecule is COc1cc(C(C[N+](=O)[O-])[C@@]2(O)C(=O)O[C@@H]3[C@H](O)CO[C@@]32O)cc(OC)c1OC. The van der Waals surface area contributed by atoms with Crippen molar-refractivity contribution in [3.05, 3.63) is 27.8 Å². The number of fused-ring (bicyclic) bond motifs is 1. The average molecular weight is 415 g/mol. The third-order valence-electron chi connectivity index (χ3n) is 5.23. The van der Waals surface area contributed by atoms with Gasteiger partial charge >= 0.3 is 5.97 Å². The van der Waals surface area contributed by atoms with Gasteiger partial charge in [-0.15, -0.1) is 0 Å². The van der Waals surface area contributed by atoms with Crippen LogP contribution in [0.4, 0.5) is 0 Å². The summed E-state index contributed by atoms with van der Waals surface area (Å²) in [5, 5.41) is 43.4. The van der Waals surface area contributed by atoms with E-state index in [9.17, 15) is 30.2 Å². The zero-order valence-corrected chi connectivity index (χ0v) is 15.9. The molecule has 2 aliphatic heterocycles. The molecule has 0 aromatic heterocycles. The van der Waals surface area contributed by atoms with Crippen LogP contribution in [-0.2, 0) is 14.3 Å². The Morgan fingerprint density at radius 3 is 2.31 bits per heavy atom. The summed E-state index contributed by atoms with van der Waals surface area (Å²) in [7, 11) is 4.00. The number of nitro groups is 1. The molecule has 2 aliphatic rings. The summed E-state index contributed by atoms with van der Waals surface area (Å²) in [6, 6.07) is 2.62. The van der Waals surface area contributed by atoms with E-state index in [0.29, 0.717) is 0 Å². The van der Waals surface area contributed by atoms with Crippen LogP contribution in [0.3, 0.4) is 0 Å². The number of carbonyl (C=O) groups is 1. The second-order valence-electron chi connectivity index (χ2n) is 6.69. The Balaban J connectivity index is 2.19. The average Bonchev–Trinajstić information content (AvgIpc) is 3.09. The molecule has 0 radical (unpaired) electrons. The molecule has 1 unspecified atom stereocenters. The predicted molar refractivity (Wildman–Crippen MR) is 92.4 cm³/mol. The zero-order chi connectivity index (χ0) is 21.6. The quantitative estimate of drug-likeness (QED) is 0.278. The van der Waals surface area contributed by atoms with Gasteiger partial charge in [-0.1, -0.05) is 0 Å². The third kappa shape index (κ3) is 2.95. The molecule has 12 heteroatoms. The highest BCUT2D eigenvalue weighted by Crippen LogP contribution is 2.51. The summed E-state index contributed by atoms with van der Waals surface area (Å²) < 4.78 is 25.7. The first-order chi connectivity index (χ1) is 13.6. The molecule has 0 aliphatic carbocycles. The van der Waals surface area contributed by atoms with Gasteiger partial charge in [0.1, 0.15) is 6.10 Å². The Morgan fingerprint density at radius 1 is 1.24 bits per heavy atom. The van der Waals surface area contributed by atoms with Crippen molar-refractivity contribution in [2.24, 2.45) is 0 Å². The van der Waals surface area contributed by atoms with Crippen LogP contribution in [0.15, 0.2) is 12.1 Å². The zero-order valence-electron chi connectivity index (χ0n) is 15.9. The molecule has 1 aromatic rings. The number of nitrogens with zero attached hydrogens (tertiary/aromatic N) is 1. The largest absolute Gasteiger partial charge is 0.493 e. The molecule has 0 bridgehead atoms. The smallest absolute Gasteiger partial charge is 0.345 e. The Bertz CT molecular complexity index is 805. The minimum Gasteiger partial charge on any atom is -0.493 e. The highest BCUT2D eigenvalue weighted by atomic mass is 16.7. The molecular formula is C17H21NO11. The summed E-state index contributed by atoms with van der Waals surface area (Å²) in [4.78, 5) is 23.2. The van der Waals surface area contributed by atoms with Crippen LogP contribution >= 0.6 is 0 Å². The Kier molecular flexibility index (Phi) is 5.30. The van der Waals surface area contributed by atoms with Gasteiger partial charge in [-0.3, -0.25) is 10.1 Å². The van der Waals surface area contributed by atoms with E-state index < -0.39 is 53.6 Å². The lowest BCUT2D eigenvalue weighted by molar-refractivity contribution is -0.489. The number of benzene rings is 1. The van der Waals surface area contributed by atoms with Crippen LogP contribution < -0.4 is 14.2 Å². The van der Waals surface area contributed by atoms with Crippen molar-refractivity contribution in [3.8, 4) is 17.2 Å². The van der Waals surface area contributed by atoms with Crippen LogP contribution in [0.25, 0.3) is 0 Å². The van der Waals surface area contributed by atoms with E-state index >= 15 is 0 Å². The minimum atomic E-state index is -2.88. The maximum Gasteiger partial charge on any atom is 0.345 e. The van der Waals surface area contributed by atoms with Crippen LogP contribution in [0, 0.1) is 10.1 Å². The van der Waals surface area contributed by atoms with Crippen molar-refractivity contribution >= 4 is 5.97 Å². The maximum atomic E-state index is 12.6. The first-order valence-corrected chi connectivity index (χ1v) is 8.53. The summed E-state index contributed by atoms with van der Waals surface area (Å²) in [5.41, 5.74) is -2.86. The molecule has 0 spiro atoms. The molecule has 0 amide bonds. The number of ether oxygens (including phenoxy) is 5. The van der Waals surface area contributed by atoms with Crippen LogP contribution in [-0.4, -0.2) is 84.3 Å². The lowest BCUT2D eigenvalue weighted by Crippen LogP contribution is -2.62. The van der Waals surface area contributed by atoms with Crippen molar-refractivity contribution in [1.82, 2.24) is 0 Å². The fourth-order valence-electron chi connectivity index (χ4n) is 3.80. The topological polar surface area (TPSA) is 167 Å². The molecule has 160 valence electrons. The number of methoxy groups -OCH3 is 3. The molecule has 2 saturated heterocycles. The number of aliphatic hydroxyl groups is 3. The summed E-state index contributed by atoms with van der Waals surface area (Å²) >= 11 is 0. The Labute approximate surface area is 164 Å².